The summed E-state index contributed by atoms with van der Waals surface area (Å²) < 4.78 is 11.2. The predicted octanol–water partition coefficient (Wildman–Crippen LogP) is 4.73. The molecular weight excluding hydrogens is 406 g/mol. The summed E-state index contributed by atoms with van der Waals surface area (Å²) in [4.78, 5) is 4.58. The summed E-state index contributed by atoms with van der Waals surface area (Å²) in [5.74, 6) is 1.45. The molecule has 0 saturated heterocycles. The summed E-state index contributed by atoms with van der Waals surface area (Å²) in [6.07, 6.45) is 12.2. The molecule has 0 saturated carbocycles. The van der Waals surface area contributed by atoms with Crippen molar-refractivity contribution in [3.05, 3.63) is 91.5 Å². The molecule has 4 aliphatic heterocycles. The molecule has 9 heteroatoms. The lowest BCUT2D eigenvalue weighted by Crippen LogP contribution is -2.14. The lowest BCUT2D eigenvalue weighted by atomic mass is 10.1. The summed E-state index contributed by atoms with van der Waals surface area (Å²) in [5, 5.41) is 12.2. The summed E-state index contributed by atoms with van der Waals surface area (Å²) >= 11 is 0. The van der Waals surface area contributed by atoms with Crippen molar-refractivity contribution in [3.8, 4) is 11.3 Å². The molecular formula is C23H17N7O2. The minimum atomic E-state index is 0.682. The smallest absolute Gasteiger partial charge is 0.177 e. The van der Waals surface area contributed by atoms with Crippen molar-refractivity contribution in [2.24, 2.45) is 0 Å². The zero-order valence-electron chi connectivity index (χ0n) is 16.8. The van der Waals surface area contributed by atoms with Gasteiger partial charge in [0.15, 0.2) is 11.5 Å². The van der Waals surface area contributed by atoms with Crippen LogP contribution in [0.3, 0.4) is 0 Å². The standard InChI is InChI=1S/C23H17N7O2/c1-3-29-20(22-16(27-29)7-9-31-22)11-14-5-6-15-18(25-26-19(15)13-24-14)12-21-23-17(8-10-32-23)28-30(21)4-2/h3-13,27-28H,1-2H2/b20-11+,21-12+. The van der Waals surface area contributed by atoms with Crippen LogP contribution >= 0.6 is 0 Å². The molecule has 2 N–H and O–H groups in total. The highest BCUT2D eigenvalue weighted by Gasteiger charge is 2.27. The number of nitrogens with one attached hydrogen (secondary N) is 2. The number of nitrogens with zero attached hydrogens (tertiary/aromatic N) is 5. The van der Waals surface area contributed by atoms with Gasteiger partial charge < -0.3 is 8.83 Å². The van der Waals surface area contributed by atoms with Gasteiger partial charge in [0, 0.05) is 30.1 Å². The molecule has 9 nitrogen and oxygen atoms in total. The second kappa shape index (κ2) is 6.88. The van der Waals surface area contributed by atoms with Crippen molar-refractivity contribution in [3.63, 3.8) is 0 Å². The normalized spacial score (nSPS) is 16.9. The van der Waals surface area contributed by atoms with Gasteiger partial charge in [0.05, 0.1) is 30.1 Å². The van der Waals surface area contributed by atoms with Crippen molar-refractivity contribution in [1.82, 2.24) is 25.2 Å². The van der Waals surface area contributed by atoms with E-state index in [2.05, 4.69) is 39.2 Å². The van der Waals surface area contributed by atoms with Crippen LogP contribution in [0, 0.1) is 0 Å². The number of furan rings is 2. The van der Waals surface area contributed by atoms with Gasteiger partial charge >= 0.3 is 0 Å². The first-order valence-corrected chi connectivity index (χ1v) is 9.83. The average Bonchev–Trinajstić information content (AvgIpc) is 3.58. The van der Waals surface area contributed by atoms with Crippen LogP contribution < -0.4 is 10.9 Å². The number of hydrogen-bond acceptors (Lipinski definition) is 9. The molecule has 0 aliphatic carbocycles. The van der Waals surface area contributed by atoms with Crippen LogP contribution in [0.4, 0.5) is 11.4 Å². The zero-order chi connectivity index (χ0) is 21.7. The van der Waals surface area contributed by atoms with E-state index < -0.39 is 0 Å². The minimum absolute atomic E-state index is 0.682. The van der Waals surface area contributed by atoms with Crippen LogP contribution in [-0.2, 0) is 0 Å². The lowest BCUT2D eigenvalue weighted by molar-refractivity contribution is 0.541. The van der Waals surface area contributed by atoms with E-state index in [1.165, 1.54) is 0 Å². The van der Waals surface area contributed by atoms with Gasteiger partial charge in [-0.1, -0.05) is 13.2 Å². The fourth-order valence-corrected chi connectivity index (χ4v) is 3.77. The Morgan fingerprint density at radius 3 is 2.12 bits per heavy atom. The number of anilines is 2. The number of hydrogen-bond donors (Lipinski definition) is 2. The second-order valence-corrected chi connectivity index (χ2v) is 7.12. The summed E-state index contributed by atoms with van der Waals surface area (Å²) in [6, 6.07) is 7.59. The molecule has 0 unspecified atom stereocenters. The van der Waals surface area contributed by atoms with E-state index >= 15 is 0 Å². The number of hydrazine groups is 2. The quantitative estimate of drug-likeness (QED) is 0.483. The Hall–Kier alpha value is -4.79. The molecule has 0 fully saturated rings. The molecule has 0 atom stereocenters. The van der Waals surface area contributed by atoms with Gasteiger partial charge in [-0.25, -0.2) is 0 Å². The maximum absolute atomic E-state index is 5.62. The van der Waals surface area contributed by atoms with E-state index in [0.717, 1.165) is 45.5 Å². The minimum Gasteiger partial charge on any atom is -0.460 e. The van der Waals surface area contributed by atoms with Gasteiger partial charge in [-0.2, -0.15) is 0 Å². The monoisotopic (exact) mass is 423 g/mol. The van der Waals surface area contributed by atoms with Crippen LogP contribution in [-0.4, -0.2) is 25.2 Å². The van der Waals surface area contributed by atoms with E-state index in [0.29, 0.717) is 11.4 Å². The number of rotatable bonds is 4. The third kappa shape index (κ3) is 2.68. The van der Waals surface area contributed by atoms with Crippen molar-refractivity contribution >= 4 is 34.9 Å². The highest BCUT2D eigenvalue weighted by atomic mass is 16.3. The summed E-state index contributed by atoms with van der Waals surface area (Å²) in [7, 11) is 0. The van der Waals surface area contributed by atoms with Crippen LogP contribution in [0.25, 0.3) is 34.8 Å². The van der Waals surface area contributed by atoms with Gasteiger partial charge in [0.1, 0.15) is 28.5 Å². The van der Waals surface area contributed by atoms with E-state index in [4.69, 9.17) is 8.83 Å². The van der Waals surface area contributed by atoms with Crippen molar-refractivity contribution in [2.75, 3.05) is 10.9 Å². The van der Waals surface area contributed by atoms with E-state index in [9.17, 15) is 0 Å². The average molecular weight is 423 g/mol. The molecule has 2 aromatic heterocycles. The maximum Gasteiger partial charge on any atom is 0.177 e. The van der Waals surface area contributed by atoms with Crippen molar-refractivity contribution in [1.29, 1.82) is 0 Å². The van der Waals surface area contributed by atoms with Crippen LogP contribution in [0.1, 0.15) is 22.9 Å². The lowest BCUT2D eigenvalue weighted by Gasteiger charge is -2.14. The van der Waals surface area contributed by atoms with Crippen molar-refractivity contribution in [2.45, 2.75) is 0 Å². The molecule has 156 valence electrons. The van der Waals surface area contributed by atoms with Crippen LogP contribution in [0.5, 0.6) is 0 Å². The van der Waals surface area contributed by atoms with Gasteiger partial charge in [0.25, 0.3) is 0 Å². The van der Waals surface area contributed by atoms with E-state index in [1.807, 2.05) is 36.4 Å². The number of aromatic nitrogens is 3. The second-order valence-electron chi connectivity index (χ2n) is 7.12. The van der Waals surface area contributed by atoms with Crippen LogP contribution in [0.15, 0.2) is 77.4 Å². The predicted molar refractivity (Wildman–Crippen MR) is 121 cm³/mol. The third-order valence-corrected chi connectivity index (χ3v) is 5.29. The Bertz CT molecular complexity index is 1400. The highest BCUT2D eigenvalue weighted by Crippen LogP contribution is 2.38. The molecule has 6 heterocycles. The molecule has 0 spiro atoms. The van der Waals surface area contributed by atoms with Gasteiger partial charge in [-0.3, -0.25) is 25.9 Å². The molecule has 6 rings (SSSR count). The fourth-order valence-electron chi connectivity index (χ4n) is 3.77. The fraction of sp³-hybridized carbons (Fsp3) is 0. The van der Waals surface area contributed by atoms with Crippen molar-refractivity contribution < 1.29 is 8.83 Å². The first kappa shape index (κ1) is 18.0. The highest BCUT2D eigenvalue weighted by molar-refractivity contribution is 5.91. The molecule has 0 radical (unpaired) electrons. The van der Waals surface area contributed by atoms with Gasteiger partial charge in [0.2, 0.25) is 0 Å². The Kier molecular flexibility index (Phi) is 3.87. The van der Waals surface area contributed by atoms with Crippen LogP contribution in [0.2, 0.25) is 0 Å². The summed E-state index contributed by atoms with van der Waals surface area (Å²) in [6.45, 7) is 7.69. The molecule has 2 aromatic rings. The van der Waals surface area contributed by atoms with Gasteiger partial charge in [-0.15, -0.1) is 10.2 Å². The Morgan fingerprint density at radius 2 is 1.47 bits per heavy atom. The van der Waals surface area contributed by atoms with Gasteiger partial charge in [-0.05, 0) is 24.3 Å². The summed E-state index contributed by atoms with van der Waals surface area (Å²) in [5.41, 5.74) is 12.8. The van der Waals surface area contributed by atoms with E-state index in [-0.39, 0.29) is 0 Å². The SMILES string of the molecule is C=CN1Nc2ccoc2/C1=C\c1ccc2c(/C=C3\c4occc4NN3C=C)nnc-2cn1. The molecule has 32 heavy (non-hydrogen) atoms. The largest absolute Gasteiger partial charge is 0.460 e. The zero-order valence-corrected chi connectivity index (χ0v) is 16.8. The first-order valence-electron chi connectivity index (χ1n) is 9.83. The third-order valence-electron chi connectivity index (χ3n) is 5.29. The number of fused-ring (bicyclic) bond motifs is 3. The Labute approximate surface area is 183 Å². The maximum atomic E-state index is 5.62. The molecule has 0 amide bonds. The topological polar surface area (TPSA) is 95.5 Å². The Balaban J connectivity index is 1.41. The van der Waals surface area contributed by atoms with E-state index in [1.54, 1.807) is 41.1 Å². The first-order chi connectivity index (χ1) is 15.7. The molecule has 0 aromatic carbocycles. The molecule has 4 aliphatic rings. The molecule has 0 bridgehead atoms. The Morgan fingerprint density at radius 1 is 0.812 bits per heavy atom.